The lowest BCUT2D eigenvalue weighted by Gasteiger charge is -2.43. The van der Waals surface area contributed by atoms with E-state index in [0.29, 0.717) is 5.92 Å². The van der Waals surface area contributed by atoms with Crippen molar-refractivity contribution in [1.29, 1.82) is 0 Å². The molecule has 4 rings (SSSR count). The van der Waals surface area contributed by atoms with E-state index < -0.39 is 0 Å². The maximum absolute atomic E-state index is 13.2. The Hall–Kier alpha value is -1.87. The number of rotatable bonds is 1. The van der Waals surface area contributed by atoms with E-state index in [1.807, 2.05) is 12.1 Å². The standard InChI is InChI=1S/C19H20FNO/c1-12-4-9-17-16(11-12)19-15(3-2-10-22-19)18(21-17)13-5-7-14(20)8-6-13/h4-9,11,15,18-19,21H,2-3,10H2,1H3/t15-,18-,19-/m1/s1. The van der Waals surface area contributed by atoms with Gasteiger partial charge in [0.2, 0.25) is 0 Å². The third-order valence-corrected chi connectivity index (χ3v) is 4.85. The molecule has 0 aromatic heterocycles. The number of aryl methyl sites for hydroxylation is 1. The highest BCUT2D eigenvalue weighted by molar-refractivity contribution is 5.58. The van der Waals surface area contributed by atoms with Crippen molar-refractivity contribution < 1.29 is 9.13 Å². The first kappa shape index (κ1) is 13.8. The van der Waals surface area contributed by atoms with E-state index in [0.717, 1.165) is 30.7 Å². The summed E-state index contributed by atoms with van der Waals surface area (Å²) in [5.74, 6) is 0.209. The first-order chi connectivity index (χ1) is 10.7. The summed E-state index contributed by atoms with van der Waals surface area (Å²) in [6.07, 6.45) is 2.36. The van der Waals surface area contributed by atoms with E-state index in [4.69, 9.17) is 4.74 Å². The van der Waals surface area contributed by atoms with Crippen LogP contribution in [0.3, 0.4) is 0 Å². The largest absolute Gasteiger partial charge is 0.378 e. The molecule has 3 atom stereocenters. The third kappa shape index (κ3) is 2.30. The number of halogens is 1. The second-order valence-electron chi connectivity index (χ2n) is 6.36. The molecule has 3 heteroatoms. The van der Waals surface area contributed by atoms with E-state index >= 15 is 0 Å². The Kier molecular flexibility index (Phi) is 3.38. The predicted molar refractivity (Wildman–Crippen MR) is 85.4 cm³/mol. The molecule has 0 unspecified atom stereocenters. The highest BCUT2D eigenvalue weighted by Crippen LogP contribution is 2.49. The van der Waals surface area contributed by atoms with Crippen molar-refractivity contribution in [2.24, 2.45) is 5.92 Å². The molecule has 1 N–H and O–H groups in total. The Morgan fingerprint density at radius 3 is 2.77 bits per heavy atom. The summed E-state index contributed by atoms with van der Waals surface area (Å²) >= 11 is 0. The molecule has 0 aliphatic carbocycles. The first-order valence-corrected chi connectivity index (χ1v) is 7.96. The Labute approximate surface area is 130 Å². The summed E-state index contributed by atoms with van der Waals surface area (Å²) < 4.78 is 19.3. The van der Waals surface area contributed by atoms with Crippen LogP contribution in [-0.4, -0.2) is 6.61 Å². The number of fused-ring (bicyclic) bond motifs is 3. The Morgan fingerprint density at radius 2 is 1.95 bits per heavy atom. The summed E-state index contributed by atoms with van der Waals surface area (Å²) in [6, 6.07) is 13.5. The van der Waals surface area contributed by atoms with Crippen LogP contribution in [0.4, 0.5) is 10.1 Å². The molecular formula is C19H20FNO. The van der Waals surface area contributed by atoms with Gasteiger partial charge in [0, 0.05) is 23.8 Å². The van der Waals surface area contributed by atoms with Gasteiger partial charge in [-0.2, -0.15) is 0 Å². The molecule has 0 amide bonds. The number of benzene rings is 2. The minimum absolute atomic E-state index is 0.139. The Bertz CT molecular complexity index is 682. The fourth-order valence-corrected chi connectivity index (χ4v) is 3.79. The number of anilines is 1. The lowest BCUT2D eigenvalue weighted by atomic mass is 9.77. The highest BCUT2D eigenvalue weighted by atomic mass is 19.1. The van der Waals surface area contributed by atoms with E-state index in [1.54, 1.807) is 12.1 Å². The molecule has 22 heavy (non-hydrogen) atoms. The van der Waals surface area contributed by atoms with E-state index in [9.17, 15) is 4.39 Å². The molecule has 2 aromatic rings. The van der Waals surface area contributed by atoms with Gasteiger partial charge in [-0.3, -0.25) is 0 Å². The summed E-state index contributed by atoms with van der Waals surface area (Å²) in [6.45, 7) is 2.94. The maximum atomic E-state index is 13.2. The number of hydrogen-bond acceptors (Lipinski definition) is 2. The SMILES string of the molecule is Cc1ccc2c(c1)[C@@H]1OCCC[C@@H]1[C@@H](c1ccc(F)cc1)N2. The third-order valence-electron chi connectivity index (χ3n) is 4.85. The average Bonchev–Trinajstić information content (AvgIpc) is 2.55. The Balaban J connectivity index is 1.77. The zero-order valence-corrected chi connectivity index (χ0v) is 12.7. The van der Waals surface area contributed by atoms with Gasteiger partial charge in [0.25, 0.3) is 0 Å². The number of ether oxygens (including phenoxy) is 1. The van der Waals surface area contributed by atoms with E-state index in [-0.39, 0.29) is 18.0 Å². The lowest BCUT2D eigenvalue weighted by Crippen LogP contribution is -2.36. The quantitative estimate of drug-likeness (QED) is 0.818. The predicted octanol–water partition coefficient (Wildman–Crippen LogP) is 4.77. The second kappa shape index (κ2) is 5.40. The molecule has 2 nitrogen and oxygen atoms in total. The summed E-state index contributed by atoms with van der Waals surface area (Å²) in [5.41, 5.74) is 4.80. The molecule has 0 spiro atoms. The molecule has 114 valence electrons. The van der Waals surface area contributed by atoms with Crippen LogP contribution in [0.15, 0.2) is 42.5 Å². The molecule has 2 aliphatic rings. The number of nitrogens with one attached hydrogen (secondary N) is 1. The minimum atomic E-state index is -0.188. The van der Waals surface area contributed by atoms with Crippen LogP contribution in [-0.2, 0) is 4.74 Å². The van der Waals surface area contributed by atoms with Crippen molar-refractivity contribution in [1.82, 2.24) is 0 Å². The van der Waals surface area contributed by atoms with Gasteiger partial charge in [-0.05, 0) is 43.5 Å². The van der Waals surface area contributed by atoms with Gasteiger partial charge in [-0.15, -0.1) is 0 Å². The number of hydrogen-bond donors (Lipinski definition) is 1. The molecule has 0 radical (unpaired) electrons. The van der Waals surface area contributed by atoms with Crippen molar-refractivity contribution in [2.45, 2.75) is 31.9 Å². The molecule has 2 heterocycles. The maximum Gasteiger partial charge on any atom is 0.123 e. The van der Waals surface area contributed by atoms with Crippen LogP contribution in [0, 0.1) is 18.7 Å². The fraction of sp³-hybridized carbons (Fsp3) is 0.368. The zero-order chi connectivity index (χ0) is 15.1. The van der Waals surface area contributed by atoms with E-state index in [2.05, 4.69) is 30.4 Å². The molecule has 1 fully saturated rings. The summed E-state index contributed by atoms with van der Waals surface area (Å²) in [4.78, 5) is 0. The van der Waals surface area contributed by atoms with Gasteiger partial charge in [0.05, 0.1) is 12.1 Å². The van der Waals surface area contributed by atoms with Crippen LogP contribution in [0.2, 0.25) is 0 Å². The van der Waals surface area contributed by atoms with Crippen LogP contribution in [0.25, 0.3) is 0 Å². The Morgan fingerprint density at radius 1 is 1.14 bits per heavy atom. The van der Waals surface area contributed by atoms with Gasteiger partial charge >= 0.3 is 0 Å². The molecule has 2 aromatic carbocycles. The molecular weight excluding hydrogens is 277 g/mol. The molecule has 2 aliphatic heterocycles. The van der Waals surface area contributed by atoms with Crippen LogP contribution in [0.1, 0.15) is 41.7 Å². The van der Waals surface area contributed by atoms with Crippen molar-refractivity contribution in [3.63, 3.8) is 0 Å². The van der Waals surface area contributed by atoms with Crippen LogP contribution in [0.5, 0.6) is 0 Å². The first-order valence-electron chi connectivity index (χ1n) is 7.96. The molecule has 1 saturated heterocycles. The molecule has 0 bridgehead atoms. The van der Waals surface area contributed by atoms with Gasteiger partial charge in [0.15, 0.2) is 0 Å². The normalized spacial score (nSPS) is 26.7. The average molecular weight is 297 g/mol. The van der Waals surface area contributed by atoms with Gasteiger partial charge in [0.1, 0.15) is 5.82 Å². The van der Waals surface area contributed by atoms with Crippen molar-refractivity contribution in [2.75, 3.05) is 11.9 Å². The fourth-order valence-electron chi connectivity index (χ4n) is 3.79. The monoisotopic (exact) mass is 297 g/mol. The summed E-state index contributed by atoms with van der Waals surface area (Å²) in [5, 5.41) is 3.66. The van der Waals surface area contributed by atoms with Crippen LogP contribution < -0.4 is 5.32 Å². The summed E-state index contributed by atoms with van der Waals surface area (Å²) in [7, 11) is 0. The van der Waals surface area contributed by atoms with Crippen molar-refractivity contribution >= 4 is 5.69 Å². The zero-order valence-electron chi connectivity index (χ0n) is 12.7. The van der Waals surface area contributed by atoms with Gasteiger partial charge < -0.3 is 10.1 Å². The van der Waals surface area contributed by atoms with Crippen molar-refractivity contribution in [3.05, 3.63) is 65.0 Å². The van der Waals surface area contributed by atoms with Gasteiger partial charge in [-0.1, -0.05) is 29.8 Å². The minimum Gasteiger partial charge on any atom is -0.378 e. The second-order valence-corrected chi connectivity index (χ2v) is 6.36. The molecule has 0 saturated carbocycles. The van der Waals surface area contributed by atoms with Crippen LogP contribution >= 0.6 is 0 Å². The topological polar surface area (TPSA) is 21.3 Å². The van der Waals surface area contributed by atoms with Crippen molar-refractivity contribution in [3.8, 4) is 0 Å². The van der Waals surface area contributed by atoms with E-state index in [1.165, 1.54) is 11.1 Å². The van der Waals surface area contributed by atoms with Gasteiger partial charge in [-0.25, -0.2) is 4.39 Å². The smallest absolute Gasteiger partial charge is 0.123 e. The highest BCUT2D eigenvalue weighted by Gasteiger charge is 2.39. The lowest BCUT2D eigenvalue weighted by molar-refractivity contribution is -0.0381.